The van der Waals surface area contributed by atoms with Gasteiger partial charge in [-0.3, -0.25) is 0 Å². The van der Waals surface area contributed by atoms with E-state index >= 15 is 0 Å². The molecule has 0 aliphatic heterocycles. The first-order chi connectivity index (χ1) is 8.95. The number of sulfone groups is 1. The topological polar surface area (TPSA) is 71.5 Å². The SMILES string of the molecule is Cc1cc(F)cc(C)c1S(=O)(=O)N(C)CCS(C)(=O)=O. The van der Waals surface area contributed by atoms with Crippen LogP contribution in [0.5, 0.6) is 0 Å². The second-order valence-corrected chi connectivity index (χ2v) is 9.07. The van der Waals surface area contributed by atoms with Gasteiger partial charge in [-0.25, -0.2) is 21.2 Å². The van der Waals surface area contributed by atoms with E-state index in [9.17, 15) is 21.2 Å². The molecule has 1 aromatic carbocycles. The van der Waals surface area contributed by atoms with Crippen LogP contribution in [0.25, 0.3) is 0 Å². The molecule has 0 aliphatic carbocycles. The van der Waals surface area contributed by atoms with Gasteiger partial charge in [0, 0.05) is 19.8 Å². The summed E-state index contributed by atoms with van der Waals surface area (Å²) in [6.07, 6.45) is 1.04. The summed E-state index contributed by atoms with van der Waals surface area (Å²) in [5, 5.41) is 0. The maximum Gasteiger partial charge on any atom is 0.243 e. The Bertz CT molecular complexity index is 688. The number of rotatable bonds is 5. The highest BCUT2D eigenvalue weighted by molar-refractivity contribution is 7.91. The van der Waals surface area contributed by atoms with Crippen LogP contribution in [0.15, 0.2) is 17.0 Å². The number of halogens is 1. The molecule has 0 amide bonds. The molecule has 0 aromatic heterocycles. The molecule has 0 bridgehead atoms. The van der Waals surface area contributed by atoms with E-state index in [1.807, 2.05) is 0 Å². The van der Waals surface area contributed by atoms with Gasteiger partial charge < -0.3 is 0 Å². The summed E-state index contributed by atoms with van der Waals surface area (Å²) in [5.74, 6) is -0.764. The average molecular weight is 323 g/mol. The molecule has 1 aromatic rings. The highest BCUT2D eigenvalue weighted by Gasteiger charge is 2.25. The smallest absolute Gasteiger partial charge is 0.229 e. The molecule has 0 atom stereocenters. The van der Waals surface area contributed by atoms with Crippen LogP contribution in [-0.2, 0) is 19.9 Å². The maximum absolute atomic E-state index is 13.2. The van der Waals surface area contributed by atoms with E-state index in [-0.39, 0.29) is 17.2 Å². The first-order valence-electron chi connectivity index (χ1n) is 5.86. The molecular formula is C12H18FNO4S2. The van der Waals surface area contributed by atoms with Crippen LogP contribution in [0.2, 0.25) is 0 Å². The third kappa shape index (κ3) is 4.00. The average Bonchev–Trinajstić information content (AvgIpc) is 2.22. The Morgan fingerprint density at radius 1 is 1.10 bits per heavy atom. The van der Waals surface area contributed by atoms with E-state index in [1.54, 1.807) is 0 Å². The number of benzene rings is 1. The van der Waals surface area contributed by atoms with E-state index < -0.39 is 25.7 Å². The summed E-state index contributed by atoms with van der Waals surface area (Å²) in [7, 11) is -5.78. The molecule has 114 valence electrons. The maximum atomic E-state index is 13.2. The van der Waals surface area contributed by atoms with Crippen molar-refractivity contribution in [3.05, 3.63) is 29.1 Å². The van der Waals surface area contributed by atoms with Gasteiger partial charge in [0.1, 0.15) is 15.7 Å². The number of sulfonamides is 1. The van der Waals surface area contributed by atoms with Gasteiger partial charge in [0.05, 0.1) is 10.6 Å². The lowest BCUT2D eigenvalue weighted by Crippen LogP contribution is -2.32. The van der Waals surface area contributed by atoms with Crippen molar-refractivity contribution in [1.29, 1.82) is 0 Å². The summed E-state index contributed by atoms with van der Waals surface area (Å²) >= 11 is 0. The zero-order valence-corrected chi connectivity index (χ0v) is 13.5. The molecule has 0 saturated heterocycles. The standard InChI is InChI=1S/C12H18FNO4S2/c1-9-7-11(13)8-10(2)12(9)20(17,18)14(3)5-6-19(4,15)16/h7-8H,5-6H2,1-4H3. The molecule has 0 fully saturated rings. The summed E-state index contributed by atoms with van der Waals surface area (Å²) in [6, 6.07) is 2.29. The first kappa shape index (κ1) is 17.1. The molecule has 8 heteroatoms. The van der Waals surface area contributed by atoms with Crippen LogP contribution < -0.4 is 0 Å². The van der Waals surface area contributed by atoms with Gasteiger partial charge in [0.25, 0.3) is 0 Å². The van der Waals surface area contributed by atoms with Crippen molar-refractivity contribution in [3.63, 3.8) is 0 Å². The van der Waals surface area contributed by atoms with Gasteiger partial charge in [0.15, 0.2) is 0 Å². The summed E-state index contributed by atoms with van der Waals surface area (Å²) in [4.78, 5) is 0.0231. The number of nitrogens with zero attached hydrogens (tertiary/aromatic N) is 1. The normalized spacial score (nSPS) is 12.9. The summed E-state index contributed by atoms with van der Waals surface area (Å²) in [6.45, 7) is 2.87. The van der Waals surface area contributed by atoms with Crippen molar-refractivity contribution in [2.45, 2.75) is 18.7 Å². The van der Waals surface area contributed by atoms with Gasteiger partial charge in [-0.1, -0.05) is 0 Å². The van der Waals surface area contributed by atoms with Gasteiger partial charge in [-0.15, -0.1) is 0 Å². The first-order valence-corrected chi connectivity index (χ1v) is 9.36. The Hall–Kier alpha value is -0.990. The number of aryl methyl sites for hydroxylation is 2. The molecule has 0 saturated carbocycles. The molecule has 0 N–H and O–H groups in total. The molecule has 1 rings (SSSR count). The molecule has 5 nitrogen and oxygen atoms in total. The van der Waals surface area contributed by atoms with Crippen molar-refractivity contribution in [2.75, 3.05) is 25.6 Å². The predicted molar refractivity (Wildman–Crippen MR) is 75.4 cm³/mol. The van der Waals surface area contributed by atoms with E-state index in [1.165, 1.54) is 20.9 Å². The van der Waals surface area contributed by atoms with Crippen LogP contribution in [0, 0.1) is 19.7 Å². The lowest BCUT2D eigenvalue weighted by molar-refractivity contribution is 0.483. The van der Waals surface area contributed by atoms with Crippen molar-refractivity contribution < 1.29 is 21.2 Å². The summed E-state index contributed by atoms with van der Waals surface area (Å²) < 4.78 is 61.2. The van der Waals surface area contributed by atoms with Crippen molar-refractivity contribution in [2.24, 2.45) is 0 Å². The van der Waals surface area contributed by atoms with Crippen LogP contribution in [-0.4, -0.2) is 46.7 Å². The zero-order valence-electron chi connectivity index (χ0n) is 11.8. The Morgan fingerprint density at radius 2 is 1.55 bits per heavy atom. The zero-order chi connectivity index (χ0) is 15.7. The molecule has 20 heavy (non-hydrogen) atoms. The molecule has 0 aliphatic rings. The summed E-state index contributed by atoms with van der Waals surface area (Å²) in [5.41, 5.74) is 0.599. The fraction of sp³-hybridized carbons (Fsp3) is 0.500. The van der Waals surface area contributed by atoms with Gasteiger partial charge in [-0.05, 0) is 37.1 Å². The second-order valence-electron chi connectivity index (χ2n) is 4.83. The second kappa shape index (κ2) is 5.79. The third-order valence-corrected chi connectivity index (χ3v) is 5.96. The monoisotopic (exact) mass is 323 g/mol. The molecular weight excluding hydrogens is 305 g/mol. The number of hydrogen-bond acceptors (Lipinski definition) is 4. The lowest BCUT2D eigenvalue weighted by atomic mass is 10.1. The quantitative estimate of drug-likeness (QED) is 0.814. The van der Waals surface area contributed by atoms with Crippen LogP contribution >= 0.6 is 0 Å². The largest absolute Gasteiger partial charge is 0.243 e. The van der Waals surface area contributed by atoms with Crippen molar-refractivity contribution in [1.82, 2.24) is 4.31 Å². The molecule has 0 heterocycles. The Kier molecular flexibility index (Phi) is 4.94. The lowest BCUT2D eigenvalue weighted by Gasteiger charge is -2.19. The van der Waals surface area contributed by atoms with Crippen LogP contribution in [0.3, 0.4) is 0 Å². The predicted octanol–water partition coefficient (Wildman–Crippen LogP) is 1.11. The van der Waals surface area contributed by atoms with E-state index in [0.717, 1.165) is 22.7 Å². The Balaban J connectivity index is 3.18. The number of hydrogen-bond donors (Lipinski definition) is 0. The minimum Gasteiger partial charge on any atom is -0.229 e. The highest BCUT2D eigenvalue weighted by atomic mass is 32.2. The van der Waals surface area contributed by atoms with Gasteiger partial charge >= 0.3 is 0 Å². The minimum absolute atomic E-state index is 0.0231. The van der Waals surface area contributed by atoms with Crippen LogP contribution in [0.1, 0.15) is 11.1 Å². The fourth-order valence-corrected chi connectivity index (χ4v) is 4.17. The third-order valence-electron chi connectivity index (χ3n) is 2.87. The van der Waals surface area contributed by atoms with Gasteiger partial charge in [-0.2, -0.15) is 4.31 Å². The fourth-order valence-electron chi connectivity index (χ4n) is 1.87. The molecule has 0 spiro atoms. The van der Waals surface area contributed by atoms with E-state index in [0.29, 0.717) is 11.1 Å². The highest BCUT2D eigenvalue weighted by Crippen LogP contribution is 2.24. The Labute approximate surface area is 119 Å². The molecule has 0 unspecified atom stereocenters. The van der Waals surface area contributed by atoms with E-state index in [2.05, 4.69) is 0 Å². The van der Waals surface area contributed by atoms with E-state index in [4.69, 9.17) is 0 Å². The Morgan fingerprint density at radius 3 is 1.95 bits per heavy atom. The minimum atomic E-state index is -3.84. The molecule has 0 radical (unpaired) electrons. The van der Waals surface area contributed by atoms with Gasteiger partial charge in [0.2, 0.25) is 10.0 Å². The van der Waals surface area contributed by atoms with Crippen LogP contribution in [0.4, 0.5) is 4.39 Å². The van der Waals surface area contributed by atoms with Crippen molar-refractivity contribution in [3.8, 4) is 0 Å². The van der Waals surface area contributed by atoms with Crippen molar-refractivity contribution >= 4 is 19.9 Å².